The smallest absolute Gasteiger partial charge is 0.202 e. The van der Waals surface area contributed by atoms with E-state index in [0.29, 0.717) is 25.6 Å². The molecule has 0 aliphatic carbocycles. The fraction of sp³-hybridized carbons (Fsp3) is 0.600. The fourth-order valence-corrected chi connectivity index (χ4v) is 4.02. The third-order valence-corrected chi connectivity index (χ3v) is 5.48. The molecule has 0 amide bonds. The summed E-state index contributed by atoms with van der Waals surface area (Å²) in [7, 11) is -3.32. The van der Waals surface area contributed by atoms with Gasteiger partial charge in [0.05, 0.1) is 0 Å². The van der Waals surface area contributed by atoms with Gasteiger partial charge in [-0.05, 0) is 43.2 Å². The van der Waals surface area contributed by atoms with Crippen LogP contribution >= 0.6 is 0 Å². The topological polar surface area (TPSA) is 49.4 Å². The monoisotopic (exact) mass is 296 g/mol. The number of nitrogens with zero attached hydrogens (tertiary/aromatic N) is 1. The van der Waals surface area contributed by atoms with E-state index < -0.39 is 10.2 Å². The van der Waals surface area contributed by atoms with Crippen LogP contribution in [0.2, 0.25) is 0 Å². The molecule has 0 bridgehead atoms. The summed E-state index contributed by atoms with van der Waals surface area (Å²) < 4.78 is 28.7. The van der Waals surface area contributed by atoms with Crippen LogP contribution in [0.25, 0.3) is 0 Å². The highest BCUT2D eigenvalue weighted by Crippen LogP contribution is 2.17. The predicted octanol–water partition coefficient (Wildman–Crippen LogP) is 2.10. The van der Waals surface area contributed by atoms with Crippen LogP contribution in [-0.4, -0.2) is 32.4 Å². The summed E-state index contributed by atoms with van der Waals surface area (Å²) >= 11 is 0. The van der Waals surface area contributed by atoms with Gasteiger partial charge in [-0.25, -0.2) is 4.72 Å². The Bertz CT molecular complexity index is 543. The van der Waals surface area contributed by atoms with Crippen molar-refractivity contribution in [2.24, 2.45) is 5.92 Å². The van der Waals surface area contributed by atoms with Gasteiger partial charge in [-0.2, -0.15) is 12.7 Å². The van der Waals surface area contributed by atoms with Crippen LogP contribution in [-0.2, 0) is 16.6 Å². The van der Waals surface area contributed by atoms with E-state index in [9.17, 15) is 8.42 Å². The average Bonchev–Trinajstić information content (AvgIpc) is 2.41. The molecule has 20 heavy (non-hydrogen) atoms. The minimum atomic E-state index is -3.32. The van der Waals surface area contributed by atoms with E-state index in [0.717, 1.165) is 19.3 Å². The van der Waals surface area contributed by atoms with Crippen LogP contribution in [0.5, 0.6) is 0 Å². The predicted molar refractivity (Wildman–Crippen MR) is 81.8 cm³/mol. The van der Waals surface area contributed by atoms with Crippen molar-refractivity contribution in [2.45, 2.75) is 33.1 Å². The molecule has 112 valence electrons. The zero-order chi connectivity index (χ0) is 14.6. The molecule has 1 saturated heterocycles. The van der Waals surface area contributed by atoms with Crippen molar-refractivity contribution in [1.82, 2.24) is 9.03 Å². The molecule has 1 aromatic carbocycles. The number of hydrogen-bond acceptors (Lipinski definition) is 2. The van der Waals surface area contributed by atoms with Gasteiger partial charge >= 0.3 is 0 Å². The summed E-state index contributed by atoms with van der Waals surface area (Å²) in [6, 6.07) is 8.09. The Balaban J connectivity index is 1.88. The number of benzene rings is 1. The minimum absolute atomic E-state index is 0.455. The Labute approximate surface area is 122 Å². The van der Waals surface area contributed by atoms with Gasteiger partial charge in [0.1, 0.15) is 0 Å². The first kappa shape index (κ1) is 15.5. The molecule has 1 N–H and O–H groups in total. The van der Waals surface area contributed by atoms with Crippen molar-refractivity contribution in [2.75, 3.05) is 19.6 Å². The molecule has 0 aromatic heterocycles. The normalized spacial score (nSPS) is 21.0. The van der Waals surface area contributed by atoms with Gasteiger partial charge in [-0.15, -0.1) is 0 Å². The summed E-state index contributed by atoms with van der Waals surface area (Å²) in [5.41, 5.74) is 2.40. The lowest BCUT2D eigenvalue weighted by Crippen LogP contribution is -2.46. The Morgan fingerprint density at radius 3 is 2.80 bits per heavy atom. The van der Waals surface area contributed by atoms with E-state index in [-0.39, 0.29) is 0 Å². The summed E-state index contributed by atoms with van der Waals surface area (Å²) in [6.45, 7) is 5.90. The van der Waals surface area contributed by atoms with Crippen LogP contribution in [0, 0.1) is 12.8 Å². The zero-order valence-corrected chi connectivity index (χ0v) is 13.1. The van der Waals surface area contributed by atoms with Gasteiger partial charge in [0.2, 0.25) is 0 Å². The number of aryl methyl sites for hydroxylation is 1. The Hall–Kier alpha value is -0.910. The Kier molecular flexibility index (Phi) is 5.18. The van der Waals surface area contributed by atoms with E-state index in [2.05, 4.69) is 24.6 Å². The molecule has 0 spiro atoms. The van der Waals surface area contributed by atoms with E-state index >= 15 is 0 Å². The third-order valence-electron chi connectivity index (χ3n) is 3.90. The van der Waals surface area contributed by atoms with Crippen molar-refractivity contribution >= 4 is 10.2 Å². The molecule has 1 aliphatic rings. The van der Waals surface area contributed by atoms with E-state index in [4.69, 9.17) is 0 Å². The minimum Gasteiger partial charge on any atom is -0.202 e. The van der Waals surface area contributed by atoms with Crippen molar-refractivity contribution in [3.05, 3.63) is 35.4 Å². The van der Waals surface area contributed by atoms with Crippen LogP contribution < -0.4 is 4.72 Å². The van der Waals surface area contributed by atoms with Gasteiger partial charge in [0.15, 0.2) is 0 Å². The van der Waals surface area contributed by atoms with Crippen LogP contribution in [0.15, 0.2) is 24.3 Å². The van der Waals surface area contributed by atoms with Crippen LogP contribution in [0.1, 0.15) is 30.9 Å². The van der Waals surface area contributed by atoms with Gasteiger partial charge in [-0.1, -0.05) is 31.2 Å². The zero-order valence-electron chi connectivity index (χ0n) is 12.3. The number of nitrogens with one attached hydrogen (secondary N) is 1. The Morgan fingerprint density at radius 1 is 1.35 bits per heavy atom. The van der Waals surface area contributed by atoms with Gasteiger partial charge in [-0.3, -0.25) is 0 Å². The highest BCUT2D eigenvalue weighted by Gasteiger charge is 2.26. The molecule has 1 fully saturated rings. The maximum Gasteiger partial charge on any atom is 0.279 e. The first-order chi connectivity index (χ1) is 9.49. The molecule has 0 unspecified atom stereocenters. The number of piperidine rings is 1. The van der Waals surface area contributed by atoms with Crippen LogP contribution in [0.4, 0.5) is 0 Å². The summed E-state index contributed by atoms with van der Waals surface area (Å²) in [5, 5.41) is 0. The van der Waals surface area contributed by atoms with Crippen LogP contribution in [0.3, 0.4) is 0 Å². The summed E-state index contributed by atoms with van der Waals surface area (Å²) in [6.07, 6.45) is 2.81. The fourth-order valence-electron chi connectivity index (χ4n) is 2.66. The van der Waals surface area contributed by atoms with E-state index in [1.54, 1.807) is 4.31 Å². The summed E-state index contributed by atoms with van der Waals surface area (Å²) in [5.74, 6) is 0.455. The summed E-state index contributed by atoms with van der Waals surface area (Å²) in [4.78, 5) is 0. The second kappa shape index (κ2) is 6.70. The SMILES string of the molecule is Cc1ccccc1CCNS(=O)(=O)N1CCC[C@@H](C)C1. The maximum atomic E-state index is 12.2. The van der Waals surface area contributed by atoms with Gasteiger partial charge < -0.3 is 0 Å². The number of rotatable bonds is 5. The lowest BCUT2D eigenvalue weighted by Gasteiger charge is -2.30. The molecule has 1 aromatic rings. The van der Waals surface area contributed by atoms with Crippen molar-refractivity contribution in [1.29, 1.82) is 0 Å². The molecule has 1 atom stereocenters. The molecular formula is C15H24N2O2S. The molecular weight excluding hydrogens is 272 g/mol. The molecule has 1 aliphatic heterocycles. The Morgan fingerprint density at radius 2 is 2.10 bits per heavy atom. The standard InChI is InChI=1S/C15H24N2O2S/c1-13-6-5-11-17(12-13)20(18,19)16-10-9-15-8-4-3-7-14(15)2/h3-4,7-8,13,16H,5-6,9-12H2,1-2H3/t13-/m1/s1. The highest BCUT2D eigenvalue weighted by molar-refractivity contribution is 7.87. The van der Waals surface area contributed by atoms with E-state index in [1.165, 1.54) is 11.1 Å². The molecule has 0 radical (unpaired) electrons. The molecule has 4 nitrogen and oxygen atoms in total. The van der Waals surface area contributed by atoms with Crippen molar-refractivity contribution < 1.29 is 8.42 Å². The average molecular weight is 296 g/mol. The molecule has 1 heterocycles. The third kappa shape index (κ3) is 4.04. The second-order valence-corrected chi connectivity index (χ2v) is 7.44. The van der Waals surface area contributed by atoms with Gasteiger partial charge in [0, 0.05) is 19.6 Å². The molecule has 0 saturated carbocycles. The number of hydrogen-bond donors (Lipinski definition) is 1. The molecule has 5 heteroatoms. The lowest BCUT2D eigenvalue weighted by molar-refractivity contribution is 0.278. The first-order valence-corrected chi connectivity index (χ1v) is 8.72. The lowest BCUT2D eigenvalue weighted by atomic mass is 10.0. The van der Waals surface area contributed by atoms with Crippen molar-refractivity contribution in [3.8, 4) is 0 Å². The van der Waals surface area contributed by atoms with Crippen molar-refractivity contribution in [3.63, 3.8) is 0 Å². The maximum absolute atomic E-state index is 12.2. The van der Waals surface area contributed by atoms with E-state index in [1.807, 2.05) is 18.2 Å². The largest absolute Gasteiger partial charge is 0.279 e. The first-order valence-electron chi connectivity index (χ1n) is 7.28. The van der Waals surface area contributed by atoms with Gasteiger partial charge in [0.25, 0.3) is 10.2 Å². The highest BCUT2D eigenvalue weighted by atomic mass is 32.2. The quantitative estimate of drug-likeness (QED) is 0.904. The second-order valence-electron chi connectivity index (χ2n) is 5.68. The molecule has 2 rings (SSSR count).